The Bertz CT molecular complexity index is 545. The monoisotopic (exact) mass is 300 g/mol. The number of benzene rings is 1. The molecule has 2 aliphatic rings. The van der Waals surface area contributed by atoms with E-state index in [1.165, 1.54) is 5.69 Å². The number of allylic oxidation sites excluding steroid dienone is 1. The summed E-state index contributed by atoms with van der Waals surface area (Å²) in [6.07, 6.45) is 4.91. The van der Waals surface area contributed by atoms with E-state index in [2.05, 4.69) is 34.5 Å². The number of rotatable bonds is 3. The summed E-state index contributed by atoms with van der Waals surface area (Å²) < 4.78 is 5.38. The van der Waals surface area contributed by atoms with Gasteiger partial charge >= 0.3 is 0 Å². The maximum absolute atomic E-state index is 12.1. The summed E-state index contributed by atoms with van der Waals surface area (Å²) >= 11 is 0. The van der Waals surface area contributed by atoms with E-state index >= 15 is 0 Å². The van der Waals surface area contributed by atoms with E-state index in [9.17, 15) is 4.79 Å². The van der Waals surface area contributed by atoms with Crippen LogP contribution in [0.4, 0.5) is 11.4 Å². The Labute approximate surface area is 132 Å². The normalized spacial score (nSPS) is 24.6. The Morgan fingerprint density at radius 2 is 1.95 bits per heavy atom. The molecule has 2 fully saturated rings. The lowest BCUT2D eigenvalue weighted by atomic mass is 9.86. The lowest BCUT2D eigenvalue weighted by molar-refractivity contribution is -0.119. The lowest BCUT2D eigenvalue weighted by Gasteiger charge is -2.28. The molecule has 0 unspecified atom stereocenters. The van der Waals surface area contributed by atoms with Gasteiger partial charge in [-0.1, -0.05) is 6.92 Å². The van der Waals surface area contributed by atoms with Crippen molar-refractivity contribution in [2.75, 3.05) is 36.5 Å². The molecule has 1 atom stereocenters. The minimum Gasteiger partial charge on any atom is -0.378 e. The van der Waals surface area contributed by atoms with Gasteiger partial charge in [0.05, 0.1) is 13.2 Å². The summed E-state index contributed by atoms with van der Waals surface area (Å²) in [5, 5.41) is 3.27. The summed E-state index contributed by atoms with van der Waals surface area (Å²) in [5.41, 5.74) is 3.18. The highest BCUT2D eigenvalue weighted by atomic mass is 16.5. The molecule has 118 valence electrons. The highest BCUT2D eigenvalue weighted by Crippen LogP contribution is 2.25. The molecule has 3 rings (SSSR count). The number of ether oxygens (including phenoxy) is 1. The van der Waals surface area contributed by atoms with Crippen LogP contribution >= 0.6 is 0 Å². The predicted octanol–water partition coefficient (Wildman–Crippen LogP) is 3.21. The van der Waals surface area contributed by atoms with Crippen LogP contribution in [0.15, 0.2) is 36.0 Å². The fourth-order valence-electron chi connectivity index (χ4n) is 3.07. The second kappa shape index (κ2) is 6.97. The van der Waals surface area contributed by atoms with Gasteiger partial charge in [-0.2, -0.15) is 0 Å². The Kier molecular flexibility index (Phi) is 4.78. The molecule has 0 radical (unpaired) electrons. The van der Waals surface area contributed by atoms with E-state index < -0.39 is 0 Å². The van der Waals surface area contributed by atoms with Crippen LogP contribution in [0.1, 0.15) is 26.2 Å². The number of nitrogens with zero attached hydrogens (tertiary/aromatic N) is 1. The summed E-state index contributed by atoms with van der Waals surface area (Å²) in [6.45, 7) is 5.51. The SMILES string of the molecule is C[C@H]1CCC/C(=C\Nc2ccc(N3CCOCC3)cc2)C1=O. The van der Waals surface area contributed by atoms with Gasteiger partial charge in [-0.3, -0.25) is 4.79 Å². The number of nitrogens with one attached hydrogen (secondary N) is 1. The van der Waals surface area contributed by atoms with Gasteiger partial charge in [0.25, 0.3) is 0 Å². The smallest absolute Gasteiger partial charge is 0.163 e. The number of carbonyl (C=O) groups is 1. The van der Waals surface area contributed by atoms with Crippen LogP contribution in [0.2, 0.25) is 0 Å². The molecule has 0 spiro atoms. The molecule has 1 saturated carbocycles. The number of ketones is 1. The van der Waals surface area contributed by atoms with Gasteiger partial charge in [0.15, 0.2) is 5.78 Å². The van der Waals surface area contributed by atoms with Crippen molar-refractivity contribution in [3.05, 3.63) is 36.0 Å². The van der Waals surface area contributed by atoms with Crippen LogP contribution in [0.25, 0.3) is 0 Å². The Morgan fingerprint density at radius 1 is 1.23 bits per heavy atom. The van der Waals surface area contributed by atoms with Gasteiger partial charge in [0.2, 0.25) is 0 Å². The number of carbonyl (C=O) groups excluding carboxylic acids is 1. The zero-order valence-electron chi connectivity index (χ0n) is 13.2. The van der Waals surface area contributed by atoms with E-state index in [-0.39, 0.29) is 5.92 Å². The van der Waals surface area contributed by atoms with Crippen LogP contribution in [-0.2, 0) is 9.53 Å². The van der Waals surface area contributed by atoms with Crippen molar-refractivity contribution in [1.82, 2.24) is 0 Å². The number of hydrogen-bond acceptors (Lipinski definition) is 4. The molecular formula is C18H24N2O2. The van der Waals surface area contributed by atoms with Crippen molar-refractivity contribution in [2.24, 2.45) is 5.92 Å². The third-order valence-corrected chi connectivity index (χ3v) is 4.50. The second-order valence-electron chi connectivity index (χ2n) is 6.12. The van der Waals surface area contributed by atoms with Crippen LogP contribution in [-0.4, -0.2) is 32.1 Å². The lowest BCUT2D eigenvalue weighted by Crippen LogP contribution is -2.36. The fraction of sp³-hybridized carbons (Fsp3) is 0.500. The minimum atomic E-state index is 0.172. The standard InChI is InChI=1S/C18H24N2O2/c1-14-3-2-4-15(18(14)21)13-19-16-5-7-17(8-6-16)20-9-11-22-12-10-20/h5-8,13-14,19H,2-4,9-12H2,1H3/b15-13+/t14-/m0/s1. The van der Waals surface area contributed by atoms with Crippen LogP contribution in [0, 0.1) is 5.92 Å². The van der Waals surface area contributed by atoms with E-state index in [1.54, 1.807) is 0 Å². The number of morpholine rings is 1. The average molecular weight is 300 g/mol. The molecule has 22 heavy (non-hydrogen) atoms. The number of anilines is 2. The first-order valence-corrected chi connectivity index (χ1v) is 8.16. The second-order valence-corrected chi connectivity index (χ2v) is 6.12. The van der Waals surface area contributed by atoms with Gasteiger partial charge in [-0.15, -0.1) is 0 Å². The van der Waals surface area contributed by atoms with E-state index in [4.69, 9.17) is 4.74 Å². The van der Waals surface area contributed by atoms with Gasteiger partial charge in [0.1, 0.15) is 0 Å². The summed E-state index contributed by atoms with van der Waals surface area (Å²) in [5.74, 6) is 0.467. The Hall–Kier alpha value is -1.81. The van der Waals surface area contributed by atoms with Crippen molar-refractivity contribution in [3.8, 4) is 0 Å². The minimum absolute atomic E-state index is 0.172. The van der Waals surface area contributed by atoms with Gasteiger partial charge in [-0.05, 0) is 43.5 Å². The molecule has 1 aromatic carbocycles. The first-order valence-electron chi connectivity index (χ1n) is 8.16. The van der Waals surface area contributed by atoms with Crippen LogP contribution in [0.5, 0.6) is 0 Å². The number of hydrogen-bond donors (Lipinski definition) is 1. The Balaban J connectivity index is 1.62. The molecule has 0 aromatic heterocycles. The van der Waals surface area contributed by atoms with E-state index in [0.717, 1.165) is 56.8 Å². The average Bonchev–Trinajstić information content (AvgIpc) is 2.57. The van der Waals surface area contributed by atoms with Crippen molar-refractivity contribution >= 4 is 17.2 Å². The molecule has 1 aliphatic carbocycles. The van der Waals surface area contributed by atoms with Crippen LogP contribution < -0.4 is 10.2 Å². The largest absolute Gasteiger partial charge is 0.378 e. The Morgan fingerprint density at radius 3 is 2.68 bits per heavy atom. The van der Waals surface area contributed by atoms with E-state index in [1.807, 2.05) is 13.1 Å². The molecule has 0 bridgehead atoms. The zero-order valence-corrected chi connectivity index (χ0v) is 13.2. The molecular weight excluding hydrogens is 276 g/mol. The van der Waals surface area contributed by atoms with E-state index in [0.29, 0.717) is 5.78 Å². The summed E-state index contributed by atoms with van der Waals surface area (Å²) in [4.78, 5) is 14.4. The first kappa shape index (κ1) is 15.1. The molecule has 1 aromatic rings. The first-order chi connectivity index (χ1) is 10.7. The van der Waals surface area contributed by atoms with Crippen molar-refractivity contribution in [3.63, 3.8) is 0 Å². The molecule has 0 amide bonds. The van der Waals surface area contributed by atoms with Gasteiger partial charge in [-0.25, -0.2) is 0 Å². The number of Topliss-reactive ketones (excluding diaryl/α,β-unsaturated/α-hetero) is 1. The molecule has 1 saturated heterocycles. The zero-order chi connectivity index (χ0) is 15.4. The molecule has 1 aliphatic heterocycles. The highest BCUT2D eigenvalue weighted by Gasteiger charge is 2.22. The topological polar surface area (TPSA) is 41.6 Å². The highest BCUT2D eigenvalue weighted by molar-refractivity contribution is 5.97. The molecule has 1 N–H and O–H groups in total. The van der Waals surface area contributed by atoms with Gasteiger partial charge in [0, 0.05) is 42.2 Å². The third kappa shape index (κ3) is 3.50. The summed E-state index contributed by atoms with van der Waals surface area (Å²) in [6, 6.07) is 8.38. The predicted molar refractivity (Wildman–Crippen MR) is 89.2 cm³/mol. The third-order valence-electron chi connectivity index (χ3n) is 4.50. The van der Waals surface area contributed by atoms with Crippen molar-refractivity contribution < 1.29 is 9.53 Å². The quantitative estimate of drug-likeness (QED) is 0.870. The maximum atomic E-state index is 12.1. The van der Waals surface area contributed by atoms with Crippen LogP contribution in [0.3, 0.4) is 0 Å². The van der Waals surface area contributed by atoms with Crippen molar-refractivity contribution in [1.29, 1.82) is 0 Å². The molecule has 4 nitrogen and oxygen atoms in total. The molecule has 1 heterocycles. The fourth-order valence-corrected chi connectivity index (χ4v) is 3.07. The molecule has 4 heteroatoms. The maximum Gasteiger partial charge on any atom is 0.163 e. The summed E-state index contributed by atoms with van der Waals surface area (Å²) in [7, 11) is 0. The van der Waals surface area contributed by atoms with Gasteiger partial charge < -0.3 is 15.0 Å². The van der Waals surface area contributed by atoms with Crippen molar-refractivity contribution in [2.45, 2.75) is 26.2 Å².